The Hall–Kier alpha value is -1.22. The summed E-state index contributed by atoms with van der Waals surface area (Å²) in [6, 6.07) is 12.3. The minimum Gasteiger partial charge on any atom is -0.457 e. The summed E-state index contributed by atoms with van der Waals surface area (Å²) < 4.78 is 5.94. The molecule has 0 atom stereocenters. The third-order valence-corrected chi connectivity index (χ3v) is 4.28. The van der Waals surface area contributed by atoms with Crippen LogP contribution in [0.15, 0.2) is 36.4 Å². The van der Waals surface area contributed by atoms with Crippen molar-refractivity contribution < 1.29 is 4.74 Å². The summed E-state index contributed by atoms with van der Waals surface area (Å²) >= 11 is 11.9. The maximum Gasteiger partial charge on any atom is 0.130 e. The molecule has 1 aliphatic rings. The van der Waals surface area contributed by atoms with Crippen LogP contribution in [0.5, 0.6) is 11.5 Å². The lowest BCUT2D eigenvalue weighted by Crippen LogP contribution is -2.15. The number of aryl methyl sites for hydroxylation is 1. The van der Waals surface area contributed by atoms with Gasteiger partial charge in [0, 0.05) is 18.7 Å². The van der Waals surface area contributed by atoms with E-state index in [0.717, 1.165) is 17.9 Å². The van der Waals surface area contributed by atoms with Crippen molar-refractivity contribution in [2.24, 2.45) is 0 Å². The highest BCUT2D eigenvalue weighted by molar-refractivity contribution is 6.42. The van der Waals surface area contributed by atoms with Crippen molar-refractivity contribution in [1.82, 2.24) is 5.32 Å². The number of rotatable bonds is 5. The van der Waals surface area contributed by atoms with Gasteiger partial charge in [-0.2, -0.15) is 0 Å². The van der Waals surface area contributed by atoms with Crippen molar-refractivity contribution in [1.29, 1.82) is 0 Å². The molecule has 1 aliphatic carbocycles. The molecule has 21 heavy (non-hydrogen) atoms. The Bertz CT molecular complexity index is 653. The largest absolute Gasteiger partial charge is 0.457 e. The summed E-state index contributed by atoms with van der Waals surface area (Å²) in [5, 5.41) is 4.54. The lowest BCUT2D eigenvalue weighted by molar-refractivity contribution is 0.477. The molecule has 0 unspecified atom stereocenters. The molecule has 1 N–H and O–H groups in total. The van der Waals surface area contributed by atoms with E-state index in [1.54, 1.807) is 12.1 Å². The van der Waals surface area contributed by atoms with Crippen LogP contribution < -0.4 is 10.1 Å². The summed E-state index contributed by atoms with van der Waals surface area (Å²) in [6.07, 6.45) is 2.58. The number of hydrogen-bond acceptors (Lipinski definition) is 2. The van der Waals surface area contributed by atoms with Crippen LogP contribution in [0.2, 0.25) is 10.0 Å². The molecule has 110 valence electrons. The normalized spacial score (nSPS) is 14.2. The van der Waals surface area contributed by atoms with Crippen molar-refractivity contribution in [3.8, 4) is 11.5 Å². The van der Waals surface area contributed by atoms with Crippen molar-refractivity contribution >= 4 is 23.2 Å². The molecule has 2 nitrogen and oxygen atoms in total. The van der Waals surface area contributed by atoms with Gasteiger partial charge in [-0.1, -0.05) is 35.3 Å². The van der Waals surface area contributed by atoms with Crippen molar-refractivity contribution in [3.63, 3.8) is 0 Å². The van der Waals surface area contributed by atoms with E-state index in [0.29, 0.717) is 21.8 Å². The van der Waals surface area contributed by atoms with Gasteiger partial charge < -0.3 is 10.1 Å². The van der Waals surface area contributed by atoms with Gasteiger partial charge in [0.1, 0.15) is 11.5 Å². The predicted molar refractivity (Wildman–Crippen MR) is 87.6 cm³/mol. The van der Waals surface area contributed by atoms with Crippen LogP contribution in [0.25, 0.3) is 0 Å². The van der Waals surface area contributed by atoms with Gasteiger partial charge in [0.25, 0.3) is 0 Å². The molecule has 4 heteroatoms. The fourth-order valence-electron chi connectivity index (χ4n) is 2.08. The smallest absolute Gasteiger partial charge is 0.130 e. The topological polar surface area (TPSA) is 21.3 Å². The molecule has 0 heterocycles. The van der Waals surface area contributed by atoms with Crippen LogP contribution in [-0.2, 0) is 6.54 Å². The SMILES string of the molecule is Cc1ccc(CNC2CC2)cc1Oc1ccc(Cl)c(Cl)c1. The Labute approximate surface area is 135 Å². The van der Waals surface area contributed by atoms with Gasteiger partial charge in [-0.3, -0.25) is 0 Å². The quantitative estimate of drug-likeness (QED) is 0.801. The second-order valence-electron chi connectivity index (χ2n) is 5.43. The van der Waals surface area contributed by atoms with Crippen LogP contribution in [0, 0.1) is 6.92 Å². The first-order valence-corrected chi connectivity index (χ1v) is 7.83. The minimum absolute atomic E-state index is 0.498. The van der Waals surface area contributed by atoms with Crippen molar-refractivity contribution in [3.05, 3.63) is 57.6 Å². The van der Waals surface area contributed by atoms with E-state index in [-0.39, 0.29) is 0 Å². The molecule has 2 aromatic carbocycles. The Morgan fingerprint density at radius 3 is 2.62 bits per heavy atom. The third-order valence-electron chi connectivity index (χ3n) is 3.54. The van der Waals surface area contributed by atoms with Crippen LogP contribution >= 0.6 is 23.2 Å². The minimum atomic E-state index is 0.498. The van der Waals surface area contributed by atoms with Crippen molar-refractivity contribution in [2.45, 2.75) is 32.4 Å². The number of halogens is 2. The van der Waals surface area contributed by atoms with Gasteiger partial charge in [0.05, 0.1) is 10.0 Å². The number of ether oxygens (including phenoxy) is 1. The third kappa shape index (κ3) is 3.91. The highest BCUT2D eigenvalue weighted by Crippen LogP contribution is 2.31. The maximum atomic E-state index is 6.02. The monoisotopic (exact) mass is 321 g/mol. The average Bonchev–Trinajstić information content (AvgIpc) is 3.28. The van der Waals surface area contributed by atoms with E-state index < -0.39 is 0 Å². The van der Waals surface area contributed by atoms with Crippen LogP contribution in [0.3, 0.4) is 0 Å². The van der Waals surface area contributed by atoms with E-state index >= 15 is 0 Å². The zero-order valence-corrected chi connectivity index (χ0v) is 13.3. The molecule has 0 aliphatic heterocycles. The first-order chi connectivity index (χ1) is 10.1. The summed E-state index contributed by atoms with van der Waals surface area (Å²) in [6.45, 7) is 2.91. The summed E-state index contributed by atoms with van der Waals surface area (Å²) in [5.74, 6) is 1.54. The molecule has 1 fully saturated rings. The van der Waals surface area contributed by atoms with Gasteiger partial charge in [0.2, 0.25) is 0 Å². The molecule has 0 bridgehead atoms. The molecule has 0 amide bonds. The average molecular weight is 322 g/mol. The maximum absolute atomic E-state index is 6.02. The Kier molecular flexibility index (Phi) is 4.39. The van der Waals surface area contributed by atoms with Gasteiger partial charge in [0.15, 0.2) is 0 Å². The lowest BCUT2D eigenvalue weighted by atomic mass is 10.1. The number of hydrogen-bond donors (Lipinski definition) is 1. The molecule has 1 saturated carbocycles. The van der Waals surface area contributed by atoms with Crippen LogP contribution in [-0.4, -0.2) is 6.04 Å². The first kappa shape index (κ1) is 14.7. The molecule has 0 aromatic heterocycles. The summed E-state index contributed by atoms with van der Waals surface area (Å²) in [7, 11) is 0. The molecular formula is C17H17Cl2NO. The van der Waals surface area contributed by atoms with Crippen LogP contribution in [0.1, 0.15) is 24.0 Å². The lowest BCUT2D eigenvalue weighted by Gasteiger charge is -2.12. The van der Waals surface area contributed by atoms with E-state index in [4.69, 9.17) is 27.9 Å². The van der Waals surface area contributed by atoms with Gasteiger partial charge >= 0.3 is 0 Å². The first-order valence-electron chi connectivity index (χ1n) is 7.07. The number of benzene rings is 2. The van der Waals surface area contributed by atoms with E-state index in [9.17, 15) is 0 Å². The van der Waals surface area contributed by atoms with Gasteiger partial charge in [-0.25, -0.2) is 0 Å². The second-order valence-corrected chi connectivity index (χ2v) is 6.25. The summed E-state index contributed by atoms with van der Waals surface area (Å²) in [5.41, 5.74) is 2.32. The molecule has 0 radical (unpaired) electrons. The predicted octanol–water partition coefficient (Wildman–Crippen LogP) is 5.35. The highest BCUT2D eigenvalue weighted by atomic mass is 35.5. The van der Waals surface area contributed by atoms with Gasteiger partial charge in [-0.05, 0) is 49.1 Å². The van der Waals surface area contributed by atoms with Crippen LogP contribution in [0.4, 0.5) is 0 Å². The molecular weight excluding hydrogens is 305 g/mol. The Morgan fingerprint density at radius 2 is 1.90 bits per heavy atom. The van der Waals surface area contributed by atoms with E-state index in [1.807, 2.05) is 13.0 Å². The Morgan fingerprint density at radius 1 is 1.10 bits per heavy atom. The highest BCUT2D eigenvalue weighted by Gasteiger charge is 2.20. The summed E-state index contributed by atoms with van der Waals surface area (Å²) in [4.78, 5) is 0. The zero-order valence-electron chi connectivity index (χ0n) is 11.8. The molecule has 2 aromatic rings. The second kappa shape index (κ2) is 6.27. The van der Waals surface area contributed by atoms with Gasteiger partial charge in [-0.15, -0.1) is 0 Å². The fraction of sp³-hybridized carbons (Fsp3) is 0.294. The fourth-order valence-corrected chi connectivity index (χ4v) is 2.37. The molecule has 3 rings (SSSR count). The zero-order chi connectivity index (χ0) is 14.8. The molecule has 0 spiro atoms. The van der Waals surface area contributed by atoms with E-state index in [1.165, 1.54) is 18.4 Å². The van der Waals surface area contributed by atoms with Crippen molar-refractivity contribution in [2.75, 3.05) is 0 Å². The van der Waals surface area contributed by atoms with E-state index in [2.05, 4.69) is 23.5 Å². The molecule has 0 saturated heterocycles. The Balaban J connectivity index is 1.76. The number of nitrogens with one attached hydrogen (secondary N) is 1. The standard InChI is InChI=1S/C17H17Cl2NO/c1-11-2-3-12(10-20-13-4-5-13)8-17(11)21-14-6-7-15(18)16(19)9-14/h2-3,6-9,13,20H,4-5,10H2,1H3.